The summed E-state index contributed by atoms with van der Waals surface area (Å²) in [6.07, 6.45) is 0. The van der Waals surface area contributed by atoms with Crippen LogP contribution in [0.3, 0.4) is 0 Å². The van der Waals surface area contributed by atoms with Crippen molar-refractivity contribution in [2.45, 2.75) is 20.4 Å². The van der Waals surface area contributed by atoms with E-state index in [-0.39, 0.29) is 0 Å². The Bertz CT molecular complexity index is 459. The molecule has 24 heavy (non-hydrogen) atoms. The first-order valence-electron chi connectivity index (χ1n) is 8.61. The van der Waals surface area contributed by atoms with Crippen molar-refractivity contribution in [3.63, 3.8) is 0 Å². The van der Waals surface area contributed by atoms with Crippen molar-refractivity contribution < 1.29 is 9.47 Å². The van der Waals surface area contributed by atoms with Gasteiger partial charge < -0.3 is 25.0 Å². The Morgan fingerprint density at radius 2 is 1.79 bits per heavy atom. The minimum Gasteiger partial charge on any atom is -0.492 e. The van der Waals surface area contributed by atoms with E-state index in [1.165, 1.54) is 5.56 Å². The molecule has 6 nitrogen and oxygen atoms in total. The molecule has 0 saturated carbocycles. The molecule has 0 spiro atoms. The summed E-state index contributed by atoms with van der Waals surface area (Å²) in [5.41, 5.74) is 1.18. The van der Waals surface area contributed by atoms with Crippen molar-refractivity contribution in [3.05, 3.63) is 29.8 Å². The second kappa shape index (κ2) is 12.6. The Morgan fingerprint density at radius 1 is 1.08 bits per heavy atom. The van der Waals surface area contributed by atoms with Crippen LogP contribution in [-0.4, -0.2) is 64.4 Å². The largest absolute Gasteiger partial charge is 0.492 e. The average Bonchev–Trinajstić information content (AvgIpc) is 2.63. The summed E-state index contributed by atoms with van der Waals surface area (Å²) in [7, 11) is 3.44. The molecule has 0 bridgehead atoms. The molecule has 0 amide bonds. The average molecular weight is 336 g/mol. The molecule has 136 valence electrons. The number of ether oxygens (including phenoxy) is 2. The fourth-order valence-corrected chi connectivity index (χ4v) is 2.21. The molecule has 0 saturated heterocycles. The number of likely N-dealkylation sites (N-methyl/N-ethyl adjacent to an activating group) is 1. The number of rotatable bonds is 11. The van der Waals surface area contributed by atoms with Gasteiger partial charge in [-0.2, -0.15) is 0 Å². The van der Waals surface area contributed by atoms with Crippen LogP contribution in [0, 0.1) is 0 Å². The van der Waals surface area contributed by atoms with Gasteiger partial charge in [-0.05, 0) is 30.8 Å². The first kappa shape index (κ1) is 20.3. The van der Waals surface area contributed by atoms with E-state index < -0.39 is 0 Å². The zero-order chi connectivity index (χ0) is 17.6. The van der Waals surface area contributed by atoms with Crippen LogP contribution < -0.4 is 15.4 Å². The van der Waals surface area contributed by atoms with Crippen molar-refractivity contribution in [1.82, 2.24) is 15.5 Å². The summed E-state index contributed by atoms with van der Waals surface area (Å²) in [4.78, 5) is 6.52. The summed E-state index contributed by atoms with van der Waals surface area (Å²) >= 11 is 0. The van der Waals surface area contributed by atoms with Crippen molar-refractivity contribution >= 4 is 5.96 Å². The van der Waals surface area contributed by atoms with Crippen molar-refractivity contribution in [1.29, 1.82) is 0 Å². The first-order valence-corrected chi connectivity index (χ1v) is 8.61. The van der Waals surface area contributed by atoms with Gasteiger partial charge in [0.25, 0.3) is 0 Å². The maximum atomic E-state index is 5.80. The predicted molar refractivity (Wildman–Crippen MR) is 99.8 cm³/mol. The zero-order valence-corrected chi connectivity index (χ0v) is 15.5. The molecule has 1 aromatic carbocycles. The number of hydrogen-bond acceptors (Lipinski definition) is 4. The summed E-state index contributed by atoms with van der Waals surface area (Å²) in [6.45, 7) is 10.2. The highest BCUT2D eigenvalue weighted by Gasteiger charge is 2.01. The maximum absolute atomic E-state index is 5.80. The van der Waals surface area contributed by atoms with E-state index >= 15 is 0 Å². The van der Waals surface area contributed by atoms with Crippen LogP contribution in [0.1, 0.15) is 19.4 Å². The third-order valence-electron chi connectivity index (χ3n) is 3.78. The van der Waals surface area contributed by atoms with Gasteiger partial charge in [-0.15, -0.1) is 0 Å². The minimum atomic E-state index is 0.653. The molecule has 0 aliphatic heterocycles. The molecule has 6 heteroatoms. The molecule has 0 atom stereocenters. The van der Waals surface area contributed by atoms with E-state index in [2.05, 4.69) is 46.5 Å². The predicted octanol–water partition coefficient (Wildman–Crippen LogP) is 1.72. The van der Waals surface area contributed by atoms with Gasteiger partial charge in [0, 0.05) is 33.8 Å². The maximum Gasteiger partial charge on any atom is 0.191 e. The fraction of sp³-hybridized carbons (Fsp3) is 0.611. The quantitative estimate of drug-likeness (QED) is 0.366. The second-order valence-corrected chi connectivity index (χ2v) is 5.36. The van der Waals surface area contributed by atoms with Crippen molar-refractivity contribution in [2.75, 3.05) is 53.6 Å². The lowest BCUT2D eigenvalue weighted by Crippen LogP contribution is -2.38. The molecule has 1 rings (SSSR count). The number of hydrogen-bond donors (Lipinski definition) is 2. The molecule has 0 aliphatic carbocycles. The number of benzene rings is 1. The number of aliphatic imine (C=N–C) groups is 1. The van der Waals surface area contributed by atoms with E-state index in [4.69, 9.17) is 9.47 Å². The molecule has 0 heterocycles. The third kappa shape index (κ3) is 8.17. The van der Waals surface area contributed by atoms with Gasteiger partial charge in [-0.3, -0.25) is 4.99 Å². The number of methoxy groups -OCH3 is 1. The van der Waals surface area contributed by atoms with Gasteiger partial charge in [-0.1, -0.05) is 26.0 Å². The van der Waals surface area contributed by atoms with Gasteiger partial charge in [0.05, 0.1) is 6.61 Å². The summed E-state index contributed by atoms with van der Waals surface area (Å²) in [5, 5.41) is 6.46. The standard InChI is InChI=1S/C18H32N4O2/c1-5-22(6-2)12-14-24-17-9-7-16(8-10-17)15-21-18(19-3)20-11-13-23-4/h7-10H,5-6,11-15H2,1-4H3,(H2,19,20,21). The number of nitrogens with one attached hydrogen (secondary N) is 2. The molecule has 0 radical (unpaired) electrons. The first-order chi connectivity index (χ1) is 11.7. The van der Waals surface area contributed by atoms with E-state index in [0.29, 0.717) is 13.2 Å². The van der Waals surface area contributed by atoms with Crippen LogP contribution in [0.15, 0.2) is 29.3 Å². The second-order valence-electron chi connectivity index (χ2n) is 5.36. The van der Waals surface area contributed by atoms with Crippen LogP contribution >= 0.6 is 0 Å². The van der Waals surface area contributed by atoms with Crippen LogP contribution in [0.4, 0.5) is 0 Å². The molecule has 1 aromatic rings. The molecule has 0 aliphatic rings. The molecule has 0 fully saturated rings. The minimum absolute atomic E-state index is 0.653. The molecule has 0 aromatic heterocycles. The van der Waals surface area contributed by atoms with Gasteiger partial charge in [-0.25, -0.2) is 0 Å². The number of guanidine groups is 1. The Balaban J connectivity index is 2.33. The highest BCUT2D eigenvalue weighted by atomic mass is 16.5. The number of nitrogens with zero attached hydrogens (tertiary/aromatic N) is 2. The highest BCUT2D eigenvalue weighted by Crippen LogP contribution is 2.12. The molecular formula is C18H32N4O2. The molecule has 0 unspecified atom stereocenters. The topological polar surface area (TPSA) is 58.1 Å². The highest BCUT2D eigenvalue weighted by molar-refractivity contribution is 5.79. The Morgan fingerprint density at radius 3 is 2.38 bits per heavy atom. The third-order valence-corrected chi connectivity index (χ3v) is 3.78. The summed E-state index contributed by atoms with van der Waals surface area (Å²) in [5.74, 6) is 1.68. The molecule has 2 N–H and O–H groups in total. The van der Waals surface area contributed by atoms with Gasteiger partial charge >= 0.3 is 0 Å². The van der Waals surface area contributed by atoms with Crippen LogP contribution in [0.25, 0.3) is 0 Å². The van der Waals surface area contributed by atoms with Crippen molar-refractivity contribution in [3.8, 4) is 5.75 Å². The van der Waals surface area contributed by atoms with Crippen LogP contribution in [0.2, 0.25) is 0 Å². The van der Waals surface area contributed by atoms with Gasteiger partial charge in [0.15, 0.2) is 5.96 Å². The van der Waals surface area contributed by atoms with Gasteiger partial charge in [0.1, 0.15) is 12.4 Å². The normalized spacial score (nSPS) is 11.6. The fourth-order valence-electron chi connectivity index (χ4n) is 2.21. The van der Waals surface area contributed by atoms with E-state index in [0.717, 1.165) is 44.5 Å². The lowest BCUT2D eigenvalue weighted by Gasteiger charge is -2.18. The van der Waals surface area contributed by atoms with E-state index in [9.17, 15) is 0 Å². The van der Waals surface area contributed by atoms with Crippen molar-refractivity contribution in [2.24, 2.45) is 4.99 Å². The smallest absolute Gasteiger partial charge is 0.191 e. The molecular weight excluding hydrogens is 304 g/mol. The van der Waals surface area contributed by atoms with E-state index in [1.54, 1.807) is 14.2 Å². The Hall–Kier alpha value is -1.79. The summed E-state index contributed by atoms with van der Waals surface area (Å²) < 4.78 is 10.8. The Labute approximate surface area is 146 Å². The van der Waals surface area contributed by atoms with Crippen LogP contribution in [0.5, 0.6) is 5.75 Å². The lowest BCUT2D eigenvalue weighted by atomic mass is 10.2. The van der Waals surface area contributed by atoms with Crippen LogP contribution in [-0.2, 0) is 11.3 Å². The van der Waals surface area contributed by atoms with Gasteiger partial charge in [0.2, 0.25) is 0 Å². The SMILES string of the molecule is CCN(CC)CCOc1ccc(CNC(=NC)NCCOC)cc1. The summed E-state index contributed by atoms with van der Waals surface area (Å²) in [6, 6.07) is 8.17. The zero-order valence-electron chi connectivity index (χ0n) is 15.5. The monoisotopic (exact) mass is 336 g/mol. The lowest BCUT2D eigenvalue weighted by molar-refractivity contribution is 0.203. The Kier molecular flexibility index (Phi) is 10.6. The van der Waals surface area contributed by atoms with E-state index in [1.807, 2.05) is 12.1 Å².